The Kier molecular flexibility index (Phi) is 4.10. The third-order valence-corrected chi connectivity index (χ3v) is 4.06. The maximum atomic E-state index is 12.0. The second-order valence-corrected chi connectivity index (χ2v) is 5.46. The van der Waals surface area contributed by atoms with Gasteiger partial charge >= 0.3 is 5.97 Å². The molecule has 0 saturated carbocycles. The molecule has 0 N–H and O–H groups in total. The zero-order valence-electron chi connectivity index (χ0n) is 10.1. The van der Waals surface area contributed by atoms with Gasteiger partial charge in [0, 0.05) is 10.6 Å². The number of ether oxygens (including phenoxy) is 1. The minimum absolute atomic E-state index is 0.177. The first-order valence-corrected chi connectivity index (χ1v) is 6.96. The average molecular weight is 262 g/mol. The van der Waals surface area contributed by atoms with Crippen LogP contribution in [0.15, 0.2) is 47.4 Å². The number of fused-ring (bicyclic) bond motifs is 1. The summed E-state index contributed by atoms with van der Waals surface area (Å²) in [6.07, 6.45) is 0.177. The Morgan fingerprint density at radius 1 is 1.17 bits per heavy atom. The fraction of sp³-hybridized carbons (Fsp3) is 0.214. The number of benzene rings is 2. The molecule has 2 aromatic rings. The molecular weight excluding hydrogens is 248 g/mol. The normalized spacial score (nSPS) is 12.3. The van der Waals surface area contributed by atoms with Gasteiger partial charge in [-0.1, -0.05) is 30.3 Å². The Morgan fingerprint density at radius 2 is 1.89 bits per heavy atom. The lowest BCUT2D eigenvalue weighted by atomic mass is 10.1. The summed E-state index contributed by atoms with van der Waals surface area (Å²) in [5, 5.41) is 2.17. The van der Waals surface area contributed by atoms with Gasteiger partial charge in [0.15, 0.2) is 0 Å². The molecule has 0 amide bonds. The number of carbonyl (C=O) groups excluding carboxylic acids is 1. The molecule has 0 spiro atoms. The summed E-state index contributed by atoms with van der Waals surface area (Å²) in [4.78, 5) is 11.8. The molecular formula is C14H14O3S. The summed E-state index contributed by atoms with van der Waals surface area (Å²) in [5.74, 6) is -0.0329. The molecule has 0 aromatic heterocycles. The van der Waals surface area contributed by atoms with Crippen LogP contribution in [-0.2, 0) is 20.3 Å². The molecule has 4 heteroatoms. The molecule has 0 saturated heterocycles. The van der Waals surface area contributed by atoms with Gasteiger partial charge in [-0.05, 0) is 22.9 Å². The van der Waals surface area contributed by atoms with Gasteiger partial charge in [0.2, 0.25) is 0 Å². The monoisotopic (exact) mass is 262 g/mol. The van der Waals surface area contributed by atoms with Gasteiger partial charge in [0.1, 0.15) is 0 Å². The predicted octanol–water partition coefficient (Wildman–Crippen LogP) is 2.51. The van der Waals surface area contributed by atoms with Crippen LogP contribution in [0.1, 0.15) is 6.42 Å². The predicted molar refractivity (Wildman–Crippen MR) is 71.9 cm³/mol. The van der Waals surface area contributed by atoms with Gasteiger partial charge in [-0.2, -0.15) is 0 Å². The molecule has 0 heterocycles. The van der Waals surface area contributed by atoms with Crippen LogP contribution in [0.4, 0.5) is 0 Å². The lowest BCUT2D eigenvalue weighted by Crippen LogP contribution is -2.07. The van der Waals surface area contributed by atoms with Crippen molar-refractivity contribution in [1.82, 2.24) is 0 Å². The minimum Gasteiger partial charge on any atom is -0.469 e. The molecule has 0 aliphatic heterocycles. The molecule has 2 aromatic carbocycles. The van der Waals surface area contributed by atoms with Gasteiger partial charge in [-0.3, -0.25) is 9.00 Å². The van der Waals surface area contributed by atoms with Crippen LogP contribution in [-0.4, -0.2) is 23.0 Å². The first-order chi connectivity index (χ1) is 8.70. The maximum absolute atomic E-state index is 12.0. The Morgan fingerprint density at radius 3 is 2.61 bits per heavy atom. The van der Waals surface area contributed by atoms with E-state index in [1.54, 1.807) is 0 Å². The van der Waals surface area contributed by atoms with E-state index in [2.05, 4.69) is 4.74 Å². The van der Waals surface area contributed by atoms with Crippen LogP contribution in [0.25, 0.3) is 10.8 Å². The van der Waals surface area contributed by atoms with Crippen molar-refractivity contribution in [1.29, 1.82) is 0 Å². The van der Waals surface area contributed by atoms with Gasteiger partial charge in [-0.15, -0.1) is 0 Å². The summed E-state index contributed by atoms with van der Waals surface area (Å²) < 4.78 is 16.5. The summed E-state index contributed by atoms with van der Waals surface area (Å²) in [5.41, 5.74) is 0. The quantitative estimate of drug-likeness (QED) is 0.795. The molecule has 18 heavy (non-hydrogen) atoms. The Hall–Kier alpha value is -1.68. The Labute approximate surface area is 108 Å². The third kappa shape index (κ3) is 2.96. The molecule has 1 unspecified atom stereocenters. The summed E-state index contributed by atoms with van der Waals surface area (Å²) in [6, 6.07) is 13.6. The van der Waals surface area contributed by atoms with E-state index < -0.39 is 10.8 Å². The van der Waals surface area contributed by atoms with Crippen molar-refractivity contribution in [3.05, 3.63) is 42.5 Å². The van der Waals surface area contributed by atoms with E-state index in [0.29, 0.717) is 5.75 Å². The zero-order valence-corrected chi connectivity index (χ0v) is 10.9. The maximum Gasteiger partial charge on any atom is 0.306 e. The van der Waals surface area contributed by atoms with Crippen LogP contribution >= 0.6 is 0 Å². The van der Waals surface area contributed by atoms with Crippen molar-refractivity contribution < 1.29 is 13.7 Å². The first kappa shape index (κ1) is 12.8. The number of methoxy groups -OCH3 is 1. The van der Waals surface area contributed by atoms with Crippen molar-refractivity contribution in [3.8, 4) is 0 Å². The van der Waals surface area contributed by atoms with E-state index in [9.17, 15) is 9.00 Å². The molecule has 2 rings (SSSR count). The van der Waals surface area contributed by atoms with E-state index in [1.807, 2.05) is 42.5 Å². The zero-order chi connectivity index (χ0) is 13.0. The van der Waals surface area contributed by atoms with Crippen molar-refractivity contribution in [2.45, 2.75) is 11.3 Å². The van der Waals surface area contributed by atoms with E-state index in [0.717, 1.165) is 15.7 Å². The highest BCUT2D eigenvalue weighted by Gasteiger charge is 2.08. The summed E-state index contributed by atoms with van der Waals surface area (Å²) in [7, 11) is 0.172. The molecule has 1 atom stereocenters. The fourth-order valence-corrected chi connectivity index (χ4v) is 2.77. The Balaban J connectivity index is 2.15. The van der Waals surface area contributed by atoms with E-state index >= 15 is 0 Å². The molecule has 0 fully saturated rings. The molecule has 0 aliphatic carbocycles. The third-order valence-electron chi connectivity index (χ3n) is 2.70. The number of rotatable bonds is 4. The lowest BCUT2D eigenvalue weighted by molar-refractivity contribution is -0.140. The standard InChI is InChI=1S/C14H14O3S/c1-17-14(15)8-9-18(16)13-7-6-11-4-2-3-5-12(11)10-13/h2-7,10H,8-9H2,1H3. The molecule has 3 nitrogen and oxygen atoms in total. The van der Waals surface area contributed by atoms with Crippen molar-refractivity contribution in [3.63, 3.8) is 0 Å². The SMILES string of the molecule is COC(=O)CCS(=O)c1ccc2ccccc2c1. The molecule has 94 valence electrons. The largest absolute Gasteiger partial charge is 0.469 e. The van der Waals surface area contributed by atoms with Crippen molar-refractivity contribution >= 4 is 27.5 Å². The van der Waals surface area contributed by atoms with Crippen LogP contribution in [0.2, 0.25) is 0 Å². The topological polar surface area (TPSA) is 43.4 Å². The number of hydrogen-bond donors (Lipinski definition) is 0. The lowest BCUT2D eigenvalue weighted by Gasteiger charge is -2.03. The van der Waals surface area contributed by atoms with Gasteiger partial charge in [0.25, 0.3) is 0 Å². The highest BCUT2D eigenvalue weighted by molar-refractivity contribution is 7.85. The van der Waals surface area contributed by atoms with Crippen LogP contribution < -0.4 is 0 Å². The van der Waals surface area contributed by atoms with Gasteiger partial charge in [-0.25, -0.2) is 0 Å². The fourth-order valence-electron chi connectivity index (χ4n) is 1.70. The number of hydrogen-bond acceptors (Lipinski definition) is 3. The number of carbonyl (C=O) groups is 1. The average Bonchev–Trinajstić information content (AvgIpc) is 2.43. The second kappa shape index (κ2) is 5.78. The van der Waals surface area contributed by atoms with Crippen molar-refractivity contribution in [2.24, 2.45) is 0 Å². The highest BCUT2D eigenvalue weighted by atomic mass is 32.2. The first-order valence-electron chi connectivity index (χ1n) is 5.64. The molecule has 0 radical (unpaired) electrons. The number of esters is 1. The highest BCUT2D eigenvalue weighted by Crippen LogP contribution is 2.18. The van der Waals surface area contributed by atoms with Crippen LogP contribution in [0.5, 0.6) is 0 Å². The van der Waals surface area contributed by atoms with E-state index in [1.165, 1.54) is 7.11 Å². The van der Waals surface area contributed by atoms with Gasteiger partial charge in [0.05, 0.1) is 24.3 Å². The van der Waals surface area contributed by atoms with Gasteiger partial charge < -0.3 is 4.74 Å². The van der Waals surface area contributed by atoms with E-state index in [-0.39, 0.29) is 12.4 Å². The van der Waals surface area contributed by atoms with Crippen LogP contribution in [0, 0.1) is 0 Å². The van der Waals surface area contributed by atoms with E-state index in [4.69, 9.17) is 0 Å². The summed E-state index contributed by atoms with van der Waals surface area (Å²) in [6.45, 7) is 0. The van der Waals surface area contributed by atoms with Crippen molar-refractivity contribution in [2.75, 3.05) is 12.9 Å². The Bertz CT molecular complexity index is 592. The second-order valence-electron chi connectivity index (χ2n) is 3.88. The molecule has 0 aliphatic rings. The minimum atomic E-state index is -1.16. The smallest absolute Gasteiger partial charge is 0.306 e. The molecule has 0 bridgehead atoms. The summed E-state index contributed by atoms with van der Waals surface area (Å²) >= 11 is 0. The van der Waals surface area contributed by atoms with Crippen LogP contribution in [0.3, 0.4) is 0 Å².